The number of anilines is 1. The van der Waals surface area contributed by atoms with E-state index < -0.39 is 9.84 Å². The number of nitrogens with zero attached hydrogens (tertiary/aromatic N) is 1. The molecule has 0 heterocycles. The second kappa shape index (κ2) is 10.8. The molecule has 0 aliphatic heterocycles. The molecule has 3 rings (SSSR count). The largest absolute Gasteiger partial charge is 0.349 e. The van der Waals surface area contributed by atoms with Crippen molar-refractivity contribution in [2.45, 2.75) is 15.5 Å². The highest BCUT2D eigenvalue weighted by Gasteiger charge is 2.25. The smallest absolute Gasteiger partial charge is 0.219 e. The lowest BCUT2D eigenvalue weighted by Gasteiger charge is -2.14. The van der Waals surface area contributed by atoms with Crippen molar-refractivity contribution in [1.29, 1.82) is 5.26 Å². The lowest BCUT2D eigenvalue weighted by molar-refractivity contribution is 0.603. The number of benzene rings is 3. The highest BCUT2D eigenvalue weighted by atomic mass is 35.5. The minimum Gasteiger partial charge on any atom is -0.349 e. The standard InChI is InChI=1S/C23H19ClN2O2S3/c1-29-20-7-5-6-19(14-20)26-23(30-16-17-10-12-18(24)13-11-17)22(15-25)31(27,28)21-8-3-2-4-9-21/h2-14,26H,16H2,1H3/b23-22+. The highest BCUT2D eigenvalue weighted by Crippen LogP contribution is 2.32. The Labute approximate surface area is 196 Å². The van der Waals surface area contributed by atoms with E-state index in [1.54, 1.807) is 42.1 Å². The summed E-state index contributed by atoms with van der Waals surface area (Å²) < 4.78 is 26.4. The number of hydrogen-bond donors (Lipinski definition) is 1. The summed E-state index contributed by atoms with van der Waals surface area (Å²) in [6.45, 7) is 0. The fourth-order valence-corrected chi connectivity index (χ4v) is 5.80. The molecule has 0 radical (unpaired) electrons. The Bertz CT molecular complexity index is 1220. The molecule has 0 atom stereocenters. The van der Waals surface area contributed by atoms with Crippen molar-refractivity contribution in [3.05, 3.63) is 99.4 Å². The molecule has 31 heavy (non-hydrogen) atoms. The van der Waals surface area contributed by atoms with Gasteiger partial charge in [-0.25, -0.2) is 8.42 Å². The summed E-state index contributed by atoms with van der Waals surface area (Å²) in [5.41, 5.74) is 1.67. The van der Waals surface area contributed by atoms with Crippen molar-refractivity contribution >= 4 is 50.6 Å². The van der Waals surface area contributed by atoms with Gasteiger partial charge in [0.2, 0.25) is 9.84 Å². The van der Waals surface area contributed by atoms with E-state index in [4.69, 9.17) is 11.6 Å². The SMILES string of the molecule is CSc1cccc(N/C(SCc2ccc(Cl)cc2)=C(/C#N)S(=O)(=O)c2ccccc2)c1. The average Bonchev–Trinajstić information content (AvgIpc) is 2.79. The van der Waals surface area contributed by atoms with E-state index in [-0.39, 0.29) is 14.8 Å². The third-order valence-electron chi connectivity index (χ3n) is 4.25. The zero-order valence-electron chi connectivity index (χ0n) is 16.6. The molecule has 1 N–H and O–H groups in total. The number of nitriles is 1. The van der Waals surface area contributed by atoms with Gasteiger partial charge in [-0.05, 0) is 54.3 Å². The van der Waals surface area contributed by atoms with Gasteiger partial charge in [0, 0.05) is 21.4 Å². The quantitative estimate of drug-likeness (QED) is 0.286. The molecule has 0 aliphatic rings. The predicted octanol–water partition coefficient (Wildman–Crippen LogP) is 6.57. The molecule has 0 saturated carbocycles. The predicted molar refractivity (Wildman–Crippen MR) is 131 cm³/mol. The van der Waals surface area contributed by atoms with Gasteiger partial charge in [0.1, 0.15) is 11.1 Å². The maximum atomic E-state index is 13.2. The van der Waals surface area contributed by atoms with Crippen LogP contribution in [0.1, 0.15) is 5.56 Å². The van der Waals surface area contributed by atoms with Crippen LogP contribution in [0.4, 0.5) is 5.69 Å². The maximum absolute atomic E-state index is 13.2. The molecule has 0 bridgehead atoms. The number of thioether (sulfide) groups is 2. The lowest BCUT2D eigenvalue weighted by atomic mass is 10.2. The third kappa shape index (κ3) is 6.08. The number of hydrogen-bond acceptors (Lipinski definition) is 6. The van der Waals surface area contributed by atoms with Crippen molar-refractivity contribution in [3.63, 3.8) is 0 Å². The van der Waals surface area contributed by atoms with Gasteiger partial charge >= 0.3 is 0 Å². The van der Waals surface area contributed by atoms with Crippen LogP contribution in [0.3, 0.4) is 0 Å². The molecule has 0 aliphatic carbocycles. The maximum Gasteiger partial charge on any atom is 0.219 e. The number of rotatable bonds is 8. The van der Waals surface area contributed by atoms with E-state index in [1.807, 2.05) is 48.7 Å². The first-order valence-corrected chi connectivity index (χ1v) is 13.2. The summed E-state index contributed by atoms with van der Waals surface area (Å²) >= 11 is 8.80. The summed E-state index contributed by atoms with van der Waals surface area (Å²) in [4.78, 5) is 0.791. The second-order valence-corrected chi connectivity index (χ2v) is 10.5. The summed E-state index contributed by atoms with van der Waals surface area (Å²) in [6, 6.07) is 24.8. The average molecular weight is 487 g/mol. The zero-order valence-corrected chi connectivity index (χ0v) is 19.8. The topological polar surface area (TPSA) is 70.0 Å². The number of nitrogens with one attached hydrogen (secondary N) is 1. The summed E-state index contributed by atoms with van der Waals surface area (Å²) in [5, 5.41) is 13.9. The van der Waals surface area contributed by atoms with E-state index in [9.17, 15) is 13.7 Å². The molecule has 0 saturated heterocycles. The Kier molecular flexibility index (Phi) is 8.10. The first-order chi connectivity index (χ1) is 14.9. The molecule has 8 heteroatoms. The fourth-order valence-electron chi connectivity index (χ4n) is 2.68. The van der Waals surface area contributed by atoms with Gasteiger partial charge in [-0.1, -0.05) is 48.0 Å². The zero-order chi connectivity index (χ0) is 22.3. The van der Waals surface area contributed by atoms with Gasteiger partial charge in [0.25, 0.3) is 0 Å². The van der Waals surface area contributed by atoms with Crippen LogP contribution in [0, 0.1) is 11.3 Å². The van der Waals surface area contributed by atoms with Gasteiger partial charge in [0.15, 0.2) is 4.91 Å². The molecule has 0 amide bonds. The molecule has 3 aromatic carbocycles. The van der Waals surface area contributed by atoms with E-state index >= 15 is 0 Å². The molecule has 0 fully saturated rings. The number of sulfone groups is 1. The molecular formula is C23H19ClN2O2S3. The normalized spacial score (nSPS) is 12.0. The lowest BCUT2D eigenvalue weighted by Crippen LogP contribution is -2.10. The van der Waals surface area contributed by atoms with Gasteiger partial charge in [0.05, 0.1) is 4.90 Å². The molecule has 158 valence electrons. The highest BCUT2D eigenvalue weighted by molar-refractivity contribution is 8.04. The van der Waals surface area contributed by atoms with Crippen molar-refractivity contribution < 1.29 is 8.42 Å². The summed E-state index contributed by atoms with van der Waals surface area (Å²) in [6.07, 6.45) is 1.96. The molecule has 3 aromatic rings. The van der Waals surface area contributed by atoms with E-state index in [0.29, 0.717) is 16.5 Å². The summed E-state index contributed by atoms with van der Waals surface area (Å²) in [7, 11) is -3.99. The van der Waals surface area contributed by atoms with E-state index in [2.05, 4.69) is 5.32 Å². The van der Waals surface area contributed by atoms with E-state index in [0.717, 1.165) is 10.5 Å². The van der Waals surface area contributed by atoms with Crippen LogP contribution in [0.5, 0.6) is 0 Å². The molecule has 0 aromatic heterocycles. The minimum atomic E-state index is -3.99. The Morgan fingerprint density at radius 2 is 1.74 bits per heavy atom. The van der Waals surface area contributed by atoms with Gasteiger partial charge in [-0.3, -0.25) is 0 Å². The van der Waals surface area contributed by atoms with Gasteiger partial charge in [-0.2, -0.15) is 5.26 Å². The first kappa shape index (κ1) is 23.3. The second-order valence-electron chi connectivity index (χ2n) is 6.36. The number of allylic oxidation sites excluding steroid dienone is 1. The molecule has 0 unspecified atom stereocenters. The van der Waals surface area contributed by atoms with Gasteiger partial charge < -0.3 is 5.32 Å². The van der Waals surface area contributed by atoms with Gasteiger partial charge in [-0.15, -0.1) is 23.5 Å². The number of halogens is 1. The van der Waals surface area contributed by atoms with Crippen molar-refractivity contribution in [2.24, 2.45) is 0 Å². The molecular weight excluding hydrogens is 468 g/mol. The van der Waals surface area contributed by atoms with Crippen LogP contribution in [-0.2, 0) is 15.6 Å². The first-order valence-electron chi connectivity index (χ1n) is 9.17. The Morgan fingerprint density at radius 1 is 1.03 bits per heavy atom. The van der Waals surface area contributed by atoms with Crippen molar-refractivity contribution in [1.82, 2.24) is 0 Å². The third-order valence-corrected chi connectivity index (χ3v) is 8.16. The summed E-state index contributed by atoms with van der Waals surface area (Å²) in [5.74, 6) is 0.469. The fraction of sp³-hybridized carbons (Fsp3) is 0.0870. The Balaban J connectivity index is 2.03. The van der Waals surface area contributed by atoms with E-state index in [1.165, 1.54) is 23.9 Å². The van der Waals surface area contributed by atoms with Crippen LogP contribution in [0.25, 0.3) is 0 Å². The van der Waals surface area contributed by atoms with Crippen LogP contribution in [-0.4, -0.2) is 14.7 Å². The van der Waals surface area contributed by atoms with Crippen LogP contribution < -0.4 is 5.32 Å². The molecule has 4 nitrogen and oxygen atoms in total. The Morgan fingerprint density at radius 3 is 2.39 bits per heavy atom. The Hall–Kier alpha value is -2.37. The molecule has 0 spiro atoms. The van der Waals surface area contributed by atoms with Crippen molar-refractivity contribution in [2.75, 3.05) is 11.6 Å². The van der Waals surface area contributed by atoms with Crippen LogP contribution >= 0.6 is 35.1 Å². The monoisotopic (exact) mass is 486 g/mol. The minimum absolute atomic E-state index is 0.0795. The van der Waals surface area contributed by atoms with Crippen molar-refractivity contribution in [3.8, 4) is 6.07 Å². The van der Waals surface area contributed by atoms with Crippen LogP contribution in [0.2, 0.25) is 5.02 Å². The van der Waals surface area contributed by atoms with Crippen LogP contribution in [0.15, 0.2) is 98.6 Å².